The molecule has 0 aliphatic rings. The highest BCUT2D eigenvalue weighted by Gasteiger charge is 2.22. The van der Waals surface area contributed by atoms with Crippen LogP contribution < -0.4 is 0 Å². The van der Waals surface area contributed by atoms with Gasteiger partial charge in [-0.05, 0) is 31.5 Å². The summed E-state index contributed by atoms with van der Waals surface area (Å²) in [5.74, 6) is -1.27. The van der Waals surface area contributed by atoms with E-state index in [2.05, 4.69) is 0 Å². The summed E-state index contributed by atoms with van der Waals surface area (Å²) in [5.41, 5.74) is 0.480. The molecular formula is C9H9NO4. The molecule has 0 aromatic heterocycles. The van der Waals surface area contributed by atoms with Crippen molar-refractivity contribution in [2.75, 3.05) is 0 Å². The molecule has 1 rings (SSSR count). The summed E-state index contributed by atoms with van der Waals surface area (Å²) in [6.45, 7) is 3.22. The van der Waals surface area contributed by atoms with Crippen LogP contribution in [0, 0.1) is 24.0 Å². The molecule has 1 aromatic rings. The number of carboxylic acids is 1. The zero-order chi connectivity index (χ0) is 10.9. The molecule has 5 nitrogen and oxygen atoms in total. The average molecular weight is 195 g/mol. The molecule has 0 atom stereocenters. The van der Waals surface area contributed by atoms with Gasteiger partial charge in [-0.1, -0.05) is 0 Å². The number of benzene rings is 1. The van der Waals surface area contributed by atoms with E-state index in [0.717, 1.165) is 0 Å². The van der Waals surface area contributed by atoms with Crippen LogP contribution in [0.5, 0.6) is 0 Å². The molecule has 0 aliphatic carbocycles. The van der Waals surface area contributed by atoms with Gasteiger partial charge in [0.05, 0.1) is 4.92 Å². The molecule has 0 fully saturated rings. The first-order valence-electron chi connectivity index (χ1n) is 3.92. The van der Waals surface area contributed by atoms with Crippen LogP contribution in [0.2, 0.25) is 0 Å². The van der Waals surface area contributed by atoms with Crippen molar-refractivity contribution in [3.63, 3.8) is 0 Å². The van der Waals surface area contributed by atoms with E-state index in [1.165, 1.54) is 13.0 Å². The smallest absolute Gasteiger partial charge is 0.342 e. The van der Waals surface area contributed by atoms with Crippen molar-refractivity contribution >= 4 is 11.7 Å². The normalized spacial score (nSPS) is 9.86. The Morgan fingerprint density at radius 2 is 2.00 bits per heavy atom. The molecule has 5 heteroatoms. The highest BCUT2D eigenvalue weighted by Crippen LogP contribution is 2.24. The molecule has 0 radical (unpaired) electrons. The molecule has 0 saturated carbocycles. The first-order valence-corrected chi connectivity index (χ1v) is 3.92. The number of aromatic carboxylic acids is 1. The summed E-state index contributed by atoms with van der Waals surface area (Å²) in [5, 5.41) is 19.4. The zero-order valence-corrected chi connectivity index (χ0v) is 7.77. The van der Waals surface area contributed by atoms with Crippen molar-refractivity contribution in [1.29, 1.82) is 0 Å². The lowest BCUT2D eigenvalue weighted by Crippen LogP contribution is -2.05. The summed E-state index contributed by atoms with van der Waals surface area (Å²) < 4.78 is 0. The number of carbonyl (C=O) groups is 1. The van der Waals surface area contributed by atoms with Crippen LogP contribution in [0.4, 0.5) is 5.69 Å². The van der Waals surface area contributed by atoms with E-state index < -0.39 is 10.9 Å². The summed E-state index contributed by atoms with van der Waals surface area (Å²) in [6, 6.07) is 2.89. The quantitative estimate of drug-likeness (QED) is 0.577. The molecule has 0 amide bonds. The molecule has 0 aliphatic heterocycles. The zero-order valence-electron chi connectivity index (χ0n) is 7.77. The average Bonchev–Trinajstić information content (AvgIpc) is 2.01. The Labute approximate surface area is 80.1 Å². The lowest BCUT2D eigenvalue weighted by molar-refractivity contribution is -0.385. The first kappa shape index (κ1) is 10.2. The van der Waals surface area contributed by atoms with E-state index in [-0.39, 0.29) is 11.3 Å². The molecule has 74 valence electrons. The maximum Gasteiger partial charge on any atom is 0.342 e. The molecule has 14 heavy (non-hydrogen) atoms. The van der Waals surface area contributed by atoms with Gasteiger partial charge in [-0.25, -0.2) is 4.79 Å². The molecular weight excluding hydrogens is 186 g/mol. The Morgan fingerprint density at radius 3 is 2.43 bits per heavy atom. The van der Waals surface area contributed by atoms with Crippen LogP contribution in [0.3, 0.4) is 0 Å². The Morgan fingerprint density at radius 1 is 1.43 bits per heavy atom. The van der Waals surface area contributed by atoms with Gasteiger partial charge in [0.2, 0.25) is 0 Å². The molecule has 0 unspecified atom stereocenters. The summed E-state index contributed by atoms with van der Waals surface area (Å²) in [6.07, 6.45) is 0. The van der Waals surface area contributed by atoms with Crippen LogP contribution in [0.15, 0.2) is 12.1 Å². The topological polar surface area (TPSA) is 80.4 Å². The predicted molar refractivity (Wildman–Crippen MR) is 49.5 cm³/mol. The van der Waals surface area contributed by atoms with E-state index in [0.29, 0.717) is 11.1 Å². The second-order valence-corrected chi connectivity index (χ2v) is 3.04. The van der Waals surface area contributed by atoms with Gasteiger partial charge in [0.1, 0.15) is 5.56 Å². The van der Waals surface area contributed by atoms with Gasteiger partial charge < -0.3 is 5.11 Å². The number of carboxylic acid groups (broad SMARTS) is 1. The van der Waals surface area contributed by atoms with Crippen molar-refractivity contribution in [2.45, 2.75) is 13.8 Å². The van der Waals surface area contributed by atoms with Crippen molar-refractivity contribution in [3.8, 4) is 0 Å². The van der Waals surface area contributed by atoms with E-state index in [1.54, 1.807) is 13.0 Å². The predicted octanol–water partition coefficient (Wildman–Crippen LogP) is 1.91. The monoisotopic (exact) mass is 195 g/mol. The fourth-order valence-electron chi connectivity index (χ4n) is 1.37. The minimum atomic E-state index is -1.27. The van der Waals surface area contributed by atoms with Gasteiger partial charge in [0.25, 0.3) is 5.69 Å². The van der Waals surface area contributed by atoms with Gasteiger partial charge in [0.15, 0.2) is 0 Å². The van der Waals surface area contributed by atoms with Crippen LogP contribution >= 0.6 is 0 Å². The molecule has 0 bridgehead atoms. The number of hydrogen-bond acceptors (Lipinski definition) is 3. The van der Waals surface area contributed by atoms with Crippen molar-refractivity contribution in [2.24, 2.45) is 0 Å². The Kier molecular flexibility index (Phi) is 2.51. The van der Waals surface area contributed by atoms with Crippen LogP contribution in [0.1, 0.15) is 21.5 Å². The maximum atomic E-state index is 10.7. The number of nitro groups is 1. The molecule has 1 aromatic carbocycles. The second kappa shape index (κ2) is 3.45. The Balaban J connectivity index is 3.52. The lowest BCUT2D eigenvalue weighted by Gasteiger charge is -2.02. The number of nitro benzene ring substituents is 1. The lowest BCUT2D eigenvalue weighted by atomic mass is 10.0. The first-order chi connectivity index (χ1) is 6.43. The molecule has 0 heterocycles. The number of aryl methyl sites for hydroxylation is 2. The number of rotatable bonds is 2. The fraction of sp³-hybridized carbons (Fsp3) is 0.222. The molecule has 1 N–H and O–H groups in total. The summed E-state index contributed by atoms with van der Waals surface area (Å²) in [7, 11) is 0. The number of hydrogen-bond donors (Lipinski definition) is 1. The van der Waals surface area contributed by atoms with Gasteiger partial charge >= 0.3 is 5.97 Å². The summed E-state index contributed by atoms with van der Waals surface area (Å²) in [4.78, 5) is 20.7. The molecule has 0 saturated heterocycles. The van der Waals surface area contributed by atoms with Crippen molar-refractivity contribution in [1.82, 2.24) is 0 Å². The summed E-state index contributed by atoms with van der Waals surface area (Å²) >= 11 is 0. The van der Waals surface area contributed by atoms with Crippen LogP contribution in [-0.4, -0.2) is 16.0 Å². The highest BCUT2D eigenvalue weighted by molar-refractivity contribution is 5.93. The minimum absolute atomic E-state index is 0.257. The fourth-order valence-corrected chi connectivity index (χ4v) is 1.37. The van der Waals surface area contributed by atoms with E-state index in [1.807, 2.05) is 0 Å². The largest absolute Gasteiger partial charge is 0.477 e. The standard InChI is InChI=1S/C9H9NO4/c1-5-3-6(2)8(10(13)14)7(4-5)9(11)12/h3-4H,1-2H3,(H,11,12). The van der Waals surface area contributed by atoms with Gasteiger partial charge in [-0.15, -0.1) is 0 Å². The Bertz CT molecular complexity index is 412. The highest BCUT2D eigenvalue weighted by atomic mass is 16.6. The third-order valence-corrected chi connectivity index (χ3v) is 1.86. The van der Waals surface area contributed by atoms with Gasteiger partial charge in [0, 0.05) is 5.56 Å². The van der Waals surface area contributed by atoms with Crippen molar-refractivity contribution in [3.05, 3.63) is 38.9 Å². The van der Waals surface area contributed by atoms with Gasteiger partial charge in [-0.2, -0.15) is 0 Å². The van der Waals surface area contributed by atoms with E-state index >= 15 is 0 Å². The third kappa shape index (κ3) is 1.71. The van der Waals surface area contributed by atoms with Crippen LogP contribution in [0.25, 0.3) is 0 Å². The SMILES string of the molecule is Cc1cc(C)c([N+](=O)[O-])c(C(=O)O)c1. The number of nitrogens with zero attached hydrogens (tertiary/aromatic N) is 1. The molecule has 0 spiro atoms. The van der Waals surface area contributed by atoms with E-state index in [4.69, 9.17) is 5.11 Å². The van der Waals surface area contributed by atoms with Crippen LogP contribution in [-0.2, 0) is 0 Å². The van der Waals surface area contributed by atoms with Crippen molar-refractivity contribution < 1.29 is 14.8 Å². The van der Waals surface area contributed by atoms with E-state index in [9.17, 15) is 14.9 Å². The third-order valence-electron chi connectivity index (χ3n) is 1.86. The second-order valence-electron chi connectivity index (χ2n) is 3.04. The minimum Gasteiger partial charge on any atom is -0.477 e. The Hall–Kier alpha value is -1.91. The maximum absolute atomic E-state index is 10.7. The van der Waals surface area contributed by atoms with Gasteiger partial charge in [-0.3, -0.25) is 10.1 Å².